The molecule has 0 N–H and O–H groups in total. The molecule has 1 saturated heterocycles. The van der Waals surface area contributed by atoms with Crippen LogP contribution in [0.5, 0.6) is 0 Å². The second-order valence-corrected chi connectivity index (χ2v) is 2.74. The predicted molar refractivity (Wildman–Crippen MR) is 31.7 cm³/mol. The van der Waals surface area contributed by atoms with E-state index in [0.29, 0.717) is 0 Å². The minimum absolute atomic E-state index is 0.512. The van der Waals surface area contributed by atoms with Gasteiger partial charge in [-0.3, -0.25) is 0 Å². The van der Waals surface area contributed by atoms with Crippen molar-refractivity contribution in [3.63, 3.8) is 0 Å². The Bertz CT molecular complexity index is 244. The summed E-state index contributed by atoms with van der Waals surface area (Å²) in [7, 11) is 0. The van der Waals surface area contributed by atoms with Gasteiger partial charge in [-0.05, 0) is 13.0 Å². The molecule has 0 bridgehead atoms. The highest BCUT2D eigenvalue weighted by atomic mass is 19.1. The summed E-state index contributed by atoms with van der Waals surface area (Å²) in [6.07, 6.45) is 1.63. The number of halogens is 2. The zero-order valence-corrected chi connectivity index (χ0v) is 5.40. The molecule has 1 fully saturated rings. The van der Waals surface area contributed by atoms with E-state index in [0.717, 1.165) is 6.08 Å². The highest BCUT2D eigenvalue weighted by molar-refractivity contribution is 5.36. The van der Waals surface area contributed by atoms with Crippen molar-refractivity contribution in [3.05, 3.63) is 23.8 Å². The van der Waals surface area contributed by atoms with Crippen LogP contribution in [0.4, 0.5) is 8.78 Å². The van der Waals surface area contributed by atoms with Gasteiger partial charge in [0.2, 0.25) is 0 Å². The molecule has 0 aromatic rings. The van der Waals surface area contributed by atoms with E-state index in [1.807, 2.05) is 0 Å². The van der Waals surface area contributed by atoms with Gasteiger partial charge in [0.1, 0.15) is 23.4 Å². The molecule has 0 amide bonds. The lowest BCUT2D eigenvalue weighted by molar-refractivity contribution is 0.341. The van der Waals surface area contributed by atoms with Crippen molar-refractivity contribution in [1.82, 2.24) is 0 Å². The lowest BCUT2D eigenvalue weighted by Gasteiger charge is -2.02. The van der Waals surface area contributed by atoms with Crippen LogP contribution in [0.3, 0.4) is 0 Å². The number of epoxide rings is 1. The Morgan fingerprint density at radius 1 is 1.60 bits per heavy atom. The molecule has 1 nitrogen and oxygen atoms in total. The van der Waals surface area contributed by atoms with E-state index in [2.05, 4.69) is 0 Å². The van der Waals surface area contributed by atoms with Crippen LogP contribution in [0.1, 0.15) is 6.92 Å². The SMILES string of the molecule is CC12C=C(F)C=C(F)C1O2. The molecule has 0 spiro atoms. The topological polar surface area (TPSA) is 12.5 Å². The molecule has 2 atom stereocenters. The molecule has 1 aliphatic heterocycles. The van der Waals surface area contributed by atoms with Crippen LogP contribution in [0.15, 0.2) is 23.8 Å². The lowest BCUT2D eigenvalue weighted by Crippen LogP contribution is -2.09. The van der Waals surface area contributed by atoms with E-state index in [4.69, 9.17) is 4.74 Å². The van der Waals surface area contributed by atoms with Crippen LogP contribution in [0.25, 0.3) is 0 Å². The first-order valence-corrected chi connectivity index (χ1v) is 3.05. The third-order valence-electron chi connectivity index (χ3n) is 1.79. The molecule has 2 unspecified atom stereocenters. The third kappa shape index (κ3) is 0.639. The molecular weight excluding hydrogens is 138 g/mol. The van der Waals surface area contributed by atoms with Gasteiger partial charge in [-0.1, -0.05) is 0 Å². The van der Waals surface area contributed by atoms with Crippen molar-refractivity contribution < 1.29 is 13.5 Å². The Labute approximate surface area is 57.0 Å². The summed E-state index contributed by atoms with van der Waals surface area (Å²) in [5, 5.41) is 0. The zero-order valence-electron chi connectivity index (χ0n) is 5.40. The summed E-state index contributed by atoms with van der Waals surface area (Å²) >= 11 is 0. The van der Waals surface area contributed by atoms with Gasteiger partial charge in [-0.25, -0.2) is 8.78 Å². The number of hydrogen-bond donors (Lipinski definition) is 0. The van der Waals surface area contributed by atoms with Gasteiger partial charge in [0.25, 0.3) is 0 Å². The van der Waals surface area contributed by atoms with Crippen LogP contribution in [0, 0.1) is 0 Å². The summed E-state index contributed by atoms with van der Waals surface area (Å²) in [4.78, 5) is 0. The zero-order chi connectivity index (χ0) is 7.35. The standard InChI is InChI=1S/C7H6F2O/c1-7-3-4(8)2-5(9)6(7)10-7/h2-3,6H,1H3. The van der Waals surface area contributed by atoms with Crippen LogP contribution in [-0.2, 0) is 4.74 Å². The van der Waals surface area contributed by atoms with Gasteiger partial charge in [-0.15, -0.1) is 0 Å². The maximum atomic E-state index is 12.6. The van der Waals surface area contributed by atoms with Crippen LogP contribution >= 0.6 is 0 Å². The number of fused-ring (bicyclic) bond motifs is 1. The summed E-state index contributed by atoms with van der Waals surface area (Å²) < 4.78 is 29.9. The van der Waals surface area contributed by atoms with Gasteiger partial charge in [0.15, 0.2) is 0 Å². The maximum Gasteiger partial charge on any atom is 0.143 e. The molecular formula is C7H6F2O. The Morgan fingerprint density at radius 2 is 2.30 bits per heavy atom. The average Bonchev–Trinajstić information content (AvgIpc) is 2.39. The summed E-state index contributed by atoms with van der Waals surface area (Å²) in [5.41, 5.74) is -0.692. The van der Waals surface area contributed by atoms with Gasteiger partial charge in [0, 0.05) is 6.08 Å². The third-order valence-corrected chi connectivity index (χ3v) is 1.79. The summed E-state index contributed by atoms with van der Waals surface area (Å²) in [6.45, 7) is 1.66. The quantitative estimate of drug-likeness (QED) is 0.473. The molecule has 0 saturated carbocycles. The van der Waals surface area contributed by atoms with Crippen molar-refractivity contribution in [2.75, 3.05) is 0 Å². The van der Waals surface area contributed by atoms with E-state index in [9.17, 15) is 8.78 Å². The first-order chi connectivity index (χ1) is 4.62. The monoisotopic (exact) mass is 144 g/mol. The average molecular weight is 144 g/mol. The van der Waals surface area contributed by atoms with E-state index < -0.39 is 23.4 Å². The predicted octanol–water partition coefficient (Wildman–Crippen LogP) is 1.86. The van der Waals surface area contributed by atoms with Gasteiger partial charge in [-0.2, -0.15) is 0 Å². The van der Waals surface area contributed by atoms with E-state index in [1.54, 1.807) is 6.92 Å². The Morgan fingerprint density at radius 3 is 2.90 bits per heavy atom. The minimum atomic E-state index is -0.692. The van der Waals surface area contributed by atoms with Crippen LogP contribution < -0.4 is 0 Å². The first kappa shape index (κ1) is 6.04. The number of allylic oxidation sites excluding steroid dienone is 2. The van der Waals surface area contributed by atoms with Crippen LogP contribution in [-0.4, -0.2) is 11.7 Å². The second-order valence-electron chi connectivity index (χ2n) is 2.74. The highest BCUT2D eigenvalue weighted by Gasteiger charge is 2.55. The fourth-order valence-electron chi connectivity index (χ4n) is 1.18. The fourth-order valence-corrected chi connectivity index (χ4v) is 1.18. The molecule has 0 aromatic carbocycles. The van der Waals surface area contributed by atoms with Crippen LogP contribution in [0.2, 0.25) is 0 Å². The molecule has 10 heavy (non-hydrogen) atoms. The fraction of sp³-hybridized carbons (Fsp3) is 0.429. The number of rotatable bonds is 0. The minimum Gasteiger partial charge on any atom is -0.354 e. The Balaban J connectivity index is 2.38. The van der Waals surface area contributed by atoms with Crippen molar-refractivity contribution in [3.8, 4) is 0 Å². The van der Waals surface area contributed by atoms with E-state index in [1.165, 1.54) is 6.08 Å². The largest absolute Gasteiger partial charge is 0.354 e. The van der Waals surface area contributed by atoms with Crippen molar-refractivity contribution in [1.29, 1.82) is 0 Å². The van der Waals surface area contributed by atoms with Gasteiger partial charge in [0.05, 0.1) is 0 Å². The summed E-state index contributed by atoms with van der Waals surface area (Å²) in [6, 6.07) is 0. The molecule has 1 heterocycles. The van der Waals surface area contributed by atoms with Crippen molar-refractivity contribution in [2.24, 2.45) is 0 Å². The lowest BCUT2D eigenvalue weighted by atomic mass is 10.0. The van der Waals surface area contributed by atoms with E-state index >= 15 is 0 Å². The van der Waals surface area contributed by atoms with Gasteiger partial charge < -0.3 is 4.74 Å². The molecule has 1 aliphatic carbocycles. The van der Waals surface area contributed by atoms with Crippen molar-refractivity contribution in [2.45, 2.75) is 18.6 Å². The molecule has 0 radical (unpaired) electrons. The molecule has 2 aliphatic rings. The maximum absolute atomic E-state index is 12.6. The molecule has 54 valence electrons. The number of hydrogen-bond acceptors (Lipinski definition) is 1. The van der Waals surface area contributed by atoms with E-state index in [-0.39, 0.29) is 0 Å². The summed E-state index contributed by atoms with van der Waals surface area (Å²) in [5.74, 6) is -1.06. The second kappa shape index (κ2) is 1.48. The normalized spacial score (nSPS) is 43.7. The highest BCUT2D eigenvalue weighted by Crippen LogP contribution is 2.46. The van der Waals surface area contributed by atoms with Gasteiger partial charge >= 0.3 is 0 Å². The van der Waals surface area contributed by atoms with Crippen molar-refractivity contribution >= 4 is 0 Å². The smallest absolute Gasteiger partial charge is 0.143 e. The molecule has 0 aromatic heterocycles. The molecule has 3 heteroatoms. The Kier molecular flexibility index (Phi) is 0.892. The first-order valence-electron chi connectivity index (χ1n) is 3.05. The number of ether oxygens (including phenoxy) is 1. The molecule has 2 rings (SSSR count). The Hall–Kier alpha value is -0.700.